The third-order valence-electron chi connectivity index (χ3n) is 6.08. The molecule has 2 heterocycles. The fourth-order valence-corrected chi connectivity index (χ4v) is 4.24. The second-order valence-electron chi connectivity index (χ2n) is 7.93. The molecule has 158 valence electrons. The number of alkyl halides is 3. The van der Waals surface area contributed by atoms with E-state index < -0.39 is 17.4 Å². The van der Waals surface area contributed by atoms with Crippen LogP contribution in [0.5, 0.6) is 0 Å². The number of likely N-dealkylation sites (tertiary alicyclic amines) is 1. The molecular weight excluding hydrogens is 395 g/mol. The van der Waals surface area contributed by atoms with Gasteiger partial charge < -0.3 is 15.1 Å². The molecule has 5 nitrogen and oxygen atoms in total. The lowest BCUT2D eigenvalue weighted by atomic mass is 9.89. The lowest BCUT2D eigenvalue weighted by Crippen LogP contribution is -2.67. The van der Waals surface area contributed by atoms with E-state index in [0.29, 0.717) is 31.5 Å². The molecule has 0 atom stereocenters. The first-order valence-corrected chi connectivity index (χ1v) is 9.74. The van der Waals surface area contributed by atoms with E-state index in [4.69, 9.17) is 0 Å². The number of benzene rings is 2. The van der Waals surface area contributed by atoms with Crippen LogP contribution in [-0.2, 0) is 6.18 Å². The average molecular weight is 417 g/mol. The molecule has 1 saturated heterocycles. The summed E-state index contributed by atoms with van der Waals surface area (Å²) in [5.41, 5.74) is 1.34. The molecule has 2 aliphatic rings. The van der Waals surface area contributed by atoms with Crippen molar-refractivity contribution in [3.63, 3.8) is 0 Å². The van der Waals surface area contributed by atoms with E-state index >= 15 is 0 Å². The van der Waals surface area contributed by atoms with Gasteiger partial charge in [-0.15, -0.1) is 0 Å². The van der Waals surface area contributed by atoms with Gasteiger partial charge in [-0.05, 0) is 43.3 Å². The normalized spacial score (nSPS) is 18.2. The number of anilines is 1. The van der Waals surface area contributed by atoms with Crippen molar-refractivity contribution < 1.29 is 22.8 Å². The Morgan fingerprint density at radius 1 is 1.07 bits per heavy atom. The SMILES string of the molecule is Cc1ccc2c(c1)C(=O)NC1(CCN(C(=O)c3ccc(C(F)(F)F)cc3)CC1)N2C. The number of hydrogen-bond acceptors (Lipinski definition) is 3. The summed E-state index contributed by atoms with van der Waals surface area (Å²) in [5.74, 6) is -0.436. The van der Waals surface area contributed by atoms with Crippen molar-refractivity contribution in [2.75, 3.05) is 25.0 Å². The van der Waals surface area contributed by atoms with E-state index in [1.807, 2.05) is 32.2 Å². The molecule has 2 aromatic rings. The first kappa shape index (κ1) is 20.3. The van der Waals surface area contributed by atoms with E-state index in [1.165, 1.54) is 12.1 Å². The first-order valence-electron chi connectivity index (χ1n) is 9.74. The van der Waals surface area contributed by atoms with Crippen LogP contribution in [0.2, 0.25) is 0 Å². The van der Waals surface area contributed by atoms with E-state index in [9.17, 15) is 22.8 Å². The Kier molecular flexibility index (Phi) is 4.75. The zero-order valence-electron chi connectivity index (χ0n) is 16.7. The number of hydrogen-bond donors (Lipinski definition) is 1. The van der Waals surface area contributed by atoms with Crippen LogP contribution in [0.1, 0.15) is 44.7 Å². The molecule has 30 heavy (non-hydrogen) atoms. The minimum Gasteiger partial charge on any atom is -0.351 e. The summed E-state index contributed by atoms with van der Waals surface area (Å²) in [5, 5.41) is 3.11. The van der Waals surface area contributed by atoms with Crippen LogP contribution in [0.25, 0.3) is 0 Å². The summed E-state index contributed by atoms with van der Waals surface area (Å²) in [7, 11) is 1.93. The number of aryl methyl sites for hydroxylation is 1. The Hall–Kier alpha value is -3.03. The van der Waals surface area contributed by atoms with Crippen LogP contribution in [-0.4, -0.2) is 42.5 Å². The van der Waals surface area contributed by atoms with Crippen molar-refractivity contribution in [1.82, 2.24) is 10.2 Å². The standard InChI is InChI=1S/C22H22F3N3O2/c1-14-3-8-18-17(13-14)19(29)26-21(27(18)2)9-11-28(12-10-21)20(30)15-4-6-16(7-5-15)22(23,24)25/h3-8,13H,9-12H2,1-2H3,(H,26,29). The number of nitrogens with one attached hydrogen (secondary N) is 1. The molecule has 1 fully saturated rings. The van der Waals surface area contributed by atoms with Crippen molar-refractivity contribution in [1.29, 1.82) is 0 Å². The Bertz CT molecular complexity index is 994. The van der Waals surface area contributed by atoms with Gasteiger partial charge in [-0.1, -0.05) is 11.6 Å². The van der Waals surface area contributed by atoms with Crippen molar-refractivity contribution in [2.45, 2.75) is 31.6 Å². The van der Waals surface area contributed by atoms with Gasteiger partial charge in [0.25, 0.3) is 11.8 Å². The van der Waals surface area contributed by atoms with Crippen LogP contribution >= 0.6 is 0 Å². The zero-order chi connectivity index (χ0) is 21.7. The molecule has 1 N–H and O–H groups in total. The quantitative estimate of drug-likeness (QED) is 0.768. The molecule has 0 radical (unpaired) electrons. The third-order valence-corrected chi connectivity index (χ3v) is 6.08. The number of piperidine rings is 1. The molecule has 2 aromatic carbocycles. The molecule has 0 aliphatic carbocycles. The van der Waals surface area contributed by atoms with Gasteiger partial charge >= 0.3 is 6.18 Å². The van der Waals surface area contributed by atoms with Gasteiger partial charge in [-0.25, -0.2) is 0 Å². The van der Waals surface area contributed by atoms with Crippen LogP contribution in [0, 0.1) is 6.92 Å². The number of amides is 2. The molecular formula is C22H22F3N3O2. The van der Waals surface area contributed by atoms with Crippen molar-refractivity contribution >= 4 is 17.5 Å². The maximum Gasteiger partial charge on any atom is 0.416 e. The molecule has 8 heteroatoms. The van der Waals surface area contributed by atoms with Crippen LogP contribution in [0.15, 0.2) is 42.5 Å². The lowest BCUT2D eigenvalue weighted by molar-refractivity contribution is -0.137. The monoisotopic (exact) mass is 417 g/mol. The molecule has 0 saturated carbocycles. The molecule has 2 amide bonds. The summed E-state index contributed by atoms with van der Waals surface area (Å²) in [6.45, 7) is 2.72. The zero-order valence-corrected chi connectivity index (χ0v) is 16.7. The van der Waals surface area contributed by atoms with E-state index in [2.05, 4.69) is 10.2 Å². The van der Waals surface area contributed by atoms with Gasteiger partial charge in [0.1, 0.15) is 5.66 Å². The van der Waals surface area contributed by atoms with Gasteiger partial charge in [-0.2, -0.15) is 13.2 Å². The summed E-state index contributed by atoms with van der Waals surface area (Å²) in [4.78, 5) is 29.1. The smallest absolute Gasteiger partial charge is 0.351 e. The number of carbonyl (C=O) groups is 2. The van der Waals surface area contributed by atoms with Crippen LogP contribution in [0.4, 0.5) is 18.9 Å². The third kappa shape index (κ3) is 3.40. The Labute approximate surface area is 172 Å². The number of halogens is 3. The van der Waals surface area contributed by atoms with Crippen LogP contribution < -0.4 is 10.2 Å². The van der Waals surface area contributed by atoms with Gasteiger partial charge in [-0.3, -0.25) is 9.59 Å². The predicted molar refractivity (Wildman–Crippen MR) is 106 cm³/mol. The van der Waals surface area contributed by atoms with Crippen molar-refractivity contribution in [3.05, 3.63) is 64.7 Å². The Balaban J connectivity index is 1.49. The number of nitrogens with zero attached hydrogens (tertiary/aromatic N) is 2. The molecule has 0 bridgehead atoms. The number of rotatable bonds is 1. The molecule has 1 spiro atoms. The minimum absolute atomic E-state index is 0.130. The maximum atomic E-state index is 12.8. The number of fused-ring (bicyclic) bond motifs is 1. The first-order chi connectivity index (χ1) is 14.1. The highest BCUT2D eigenvalue weighted by atomic mass is 19.4. The van der Waals surface area contributed by atoms with E-state index in [1.54, 1.807) is 4.90 Å². The molecule has 0 aromatic heterocycles. The van der Waals surface area contributed by atoms with E-state index in [0.717, 1.165) is 23.4 Å². The number of carbonyl (C=O) groups excluding carboxylic acids is 2. The molecule has 2 aliphatic heterocycles. The van der Waals surface area contributed by atoms with Crippen LogP contribution in [0.3, 0.4) is 0 Å². The van der Waals surface area contributed by atoms with E-state index in [-0.39, 0.29) is 17.4 Å². The summed E-state index contributed by atoms with van der Waals surface area (Å²) >= 11 is 0. The largest absolute Gasteiger partial charge is 0.416 e. The van der Waals surface area contributed by atoms with Gasteiger partial charge in [0, 0.05) is 38.5 Å². The second kappa shape index (κ2) is 7.04. The summed E-state index contributed by atoms with van der Waals surface area (Å²) < 4.78 is 38.2. The topological polar surface area (TPSA) is 52.7 Å². The summed E-state index contributed by atoms with van der Waals surface area (Å²) in [6.07, 6.45) is -3.39. The van der Waals surface area contributed by atoms with Crippen molar-refractivity contribution in [2.24, 2.45) is 0 Å². The fraction of sp³-hybridized carbons (Fsp3) is 0.364. The Morgan fingerprint density at radius 3 is 2.30 bits per heavy atom. The van der Waals surface area contributed by atoms with Gasteiger partial charge in [0.2, 0.25) is 0 Å². The average Bonchev–Trinajstić information content (AvgIpc) is 2.72. The molecule has 0 unspecified atom stereocenters. The highest BCUT2D eigenvalue weighted by Gasteiger charge is 2.45. The second-order valence-corrected chi connectivity index (χ2v) is 7.93. The predicted octanol–water partition coefficient (Wildman–Crippen LogP) is 3.83. The van der Waals surface area contributed by atoms with Crippen molar-refractivity contribution in [3.8, 4) is 0 Å². The lowest BCUT2D eigenvalue weighted by Gasteiger charge is -2.51. The maximum absolute atomic E-state index is 12.8. The molecule has 4 rings (SSSR count). The highest BCUT2D eigenvalue weighted by molar-refractivity contribution is 6.02. The van der Waals surface area contributed by atoms with Gasteiger partial charge in [0.05, 0.1) is 16.8 Å². The fourth-order valence-electron chi connectivity index (χ4n) is 4.24. The Morgan fingerprint density at radius 2 is 1.70 bits per heavy atom. The highest BCUT2D eigenvalue weighted by Crippen LogP contribution is 2.37. The minimum atomic E-state index is -4.43. The summed E-state index contributed by atoms with van der Waals surface area (Å²) in [6, 6.07) is 10.0. The van der Waals surface area contributed by atoms with Gasteiger partial charge in [0.15, 0.2) is 0 Å².